The molecule has 3 heteroatoms. The van der Waals surface area contributed by atoms with E-state index in [1.807, 2.05) is 30.3 Å². The van der Waals surface area contributed by atoms with Gasteiger partial charge in [0.1, 0.15) is 11.6 Å². The molecule has 3 rings (SSSR count). The summed E-state index contributed by atoms with van der Waals surface area (Å²) in [7, 11) is 0. The molecule has 1 aliphatic carbocycles. The second kappa shape index (κ2) is 4.66. The van der Waals surface area contributed by atoms with E-state index in [0.717, 1.165) is 41.7 Å². The summed E-state index contributed by atoms with van der Waals surface area (Å²) in [4.78, 5) is 2.92. The quantitative estimate of drug-likeness (QED) is 0.814. The summed E-state index contributed by atoms with van der Waals surface area (Å²) < 4.78 is 0. The zero-order valence-corrected chi connectivity index (χ0v) is 10.5. The predicted molar refractivity (Wildman–Crippen MR) is 74.4 cm³/mol. The fourth-order valence-corrected chi connectivity index (χ4v) is 2.66. The summed E-state index contributed by atoms with van der Waals surface area (Å²) in [6.45, 7) is 0. The summed E-state index contributed by atoms with van der Waals surface area (Å²) in [5, 5.41) is 19.0. The lowest BCUT2D eigenvalue weighted by Gasteiger charge is -2.15. The molecule has 2 N–H and O–H groups in total. The van der Waals surface area contributed by atoms with Crippen LogP contribution in [0.2, 0.25) is 0 Å². The summed E-state index contributed by atoms with van der Waals surface area (Å²) in [5.74, 6) is -0.00615. The smallest absolute Gasteiger partial charge is 0.207 e. The van der Waals surface area contributed by atoms with Gasteiger partial charge in [-0.1, -0.05) is 36.4 Å². The van der Waals surface area contributed by atoms with Crippen LogP contribution < -0.4 is 0 Å². The van der Waals surface area contributed by atoms with Crippen LogP contribution >= 0.6 is 0 Å². The average molecular weight is 250 g/mol. The van der Waals surface area contributed by atoms with E-state index in [0.29, 0.717) is 5.56 Å². The van der Waals surface area contributed by atoms with Crippen molar-refractivity contribution in [3.05, 3.63) is 52.7 Å². The maximum absolute atomic E-state index is 9.78. The third-order valence-corrected chi connectivity index (χ3v) is 3.50. The topological polar surface area (TPSA) is 59.8 Å². The van der Waals surface area contributed by atoms with E-state index in [-0.39, 0.29) is 5.88 Å². The van der Waals surface area contributed by atoms with Crippen molar-refractivity contribution >= 4 is 11.6 Å². The Labute approximate surface area is 111 Å². The fraction of sp³-hybridized carbons (Fsp3) is 0.188. The van der Waals surface area contributed by atoms with Crippen LogP contribution in [-0.4, -0.2) is 10.1 Å². The van der Waals surface area contributed by atoms with Crippen molar-refractivity contribution in [3.8, 4) is 11.9 Å². The minimum atomic E-state index is -0.00615. The van der Waals surface area contributed by atoms with Crippen molar-refractivity contribution in [1.82, 2.24) is 4.98 Å². The van der Waals surface area contributed by atoms with Gasteiger partial charge in [-0.25, -0.2) is 0 Å². The van der Waals surface area contributed by atoms with E-state index < -0.39 is 0 Å². The van der Waals surface area contributed by atoms with Gasteiger partial charge in [0.05, 0.1) is 0 Å². The van der Waals surface area contributed by atoms with Crippen LogP contribution in [-0.2, 0) is 6.42 Å². The molecule has 19 heavy (non-hydrogen) atoms. The van der Waals surface area contributed by atoms with Crippen LogP contribution in [0.25, 0.3) is 11.6 Å². The van der Waals surface area contributed by atoms with Crippen molar-refractivity contribution in [1.29, 1.82) is 5.26 Å². The van der Waals surface area contributed by atoms with Gasteiger partial charge in [0.15, 0.2) is 0 Å². The zero-order valence-electron chi connectivity index (χ0n) is 10.5. The van der Waals surface area contributed by atoms with Gasteiger partial charge in [-0.3, -0.25) is 0 Å². The molecule has 94 valence electrons. The van der Waals surface area contributed by atoms with Crippen LogP contribution in [0.4, 0.5) is 0 Å². The molecule has 0 spiro atoms. The van der Waals surface area contributed by atoms with Crippen molar-refractivity contribution in [2.75, 3.05) is 0 Å². The van der Waals surface area contributed by atoms with E-state index in [2.05, 4.69) is 17.1 Å². The standard InChI is InChI=1S/C16H14N2O/c17-10-13-15-12(9-11-5-2-1-3-6-11)7-4-8-14(15)18-16(13)19/h1-3,5-6,9,18-19H,4,7-8H2/b12-9+. The number of hydrogen-bond donors (Lipinski definition) is 2. The number of nitrogens with one attached hydrogen (secondary N) is 1. The molecular formula is C16H14N2O. The summed E-state index contributed by atoms with van der Waals surface area (Å²) in [6.07, 6.45) is 4.97. The highest BCUT2D eigenvalue weighted by atomic mass is 16.3. The Balaban J connectivity index is 2.13. The highest BCUT2D eigenvalue weighted by Crippen LogP contribution is 2.37. The highest BCUT2D eigenvalue weighted by Gasteiger charge is 2.23. The molecule has 0 fully saturated rings. The minimum absolute atomic E-state index is 0.00615. The average Bonchev–Trinajstić information content (AvgIpc) is 2.76. The molecule has 1 aliphatic rings. The Hall–Kier alpha value is -2.47. The summed E-state index contributed by atoms with van der Waals surface area (Å²) in [5.41, 5.74) is 4.49. The van der Waals surface area contributed by atoms with Gasteiger partial charge in [-0.2, -0.15) is 5.26 Å². The molecule has 3 nitrogen and oxygen atoms in total. The van der Waals surface area contributed by atoms with Crippen LogP contribution in [0.3, 0.4) is 0 Å². The number of rotatable bonds is 1. The Kier molecular flexibility index (Phi) is 2.85. The van der Waals surface area contributed by atoms with Crippen molar-refractivity contribution in [3.63, 3.8) is 0 Å². The minimum Gasteiger partial charge on any atom is -0.494 e. The first-order chi connectivity index (χ1) is 9.29. The number of hydrogen-bond acceptors (Lipinski definition) is 2. The number of H-pyrrole nitrogens is 1. The Morgan fingerprint density at radius 2 is 2.00 bits per heavy atom. The van der Waals surface area contributed by atoms with Crippen molar-refractivity contribution in [2.24, 2.45) is 0 Å². The van der Waals surface area contributed by atoms with E-state index >= 15 is 0 Å². The fourth-order valence-electron chi connectivity index (χ4n) is 2.66. The first kappa shape index (κ1) is 11.6. The maximum Gasteiger partial charge on any atom is 0.207 e. The first-order valence-corrected chi connectivity index (χ1v) is 6.39. The van der Waals surface area contributed by atoms with E-state index in [4.69, 9.17) is 0 Å². The van der Waals surface area contributed by atoms with E-state index in [1.54, 1.807) is 0 Å². The van der Waals surface area contributed by atoms with Gasteiger partial charge in [0, 0.05) is 11.3 Å². The number of aromatic nitrogens is 1. The first-order valence-electron chi connectivity index (χ1n) is 6.39. The van der Waals surface area contributed by atoms with Gasteiger partial charge < -0.3 is 10.1 Å². The molecule has 0 saturated carbocycles. The lowest BCUT2D eigenvalue weighted by molar-refractivity contribution is 0.454. The number of nitrogens with zero attached hydrogens (tertiary/aromatic N) is 1. The van der Waals surface area contributed by atoms with Gasteiger partial charge in [-0.15, -0.1) is 0 Å². The van der Waals surface area contributed by atoms with E-state index in [1.165, 1.54) is 0 Å². The Bertz CT molecular complexity index is 675. The molecule has 0 bridgehead atoms. The highest BCUT2D eigenvalue weighted by molar-refractivity contribution is 5.86. The Morgan fingerprint density at radius 1 is 1.21 bits per heavy atom. The molecule has 0 amide bonds. The van der Waals surface area contributed by atoms with Gasteiger partial charge in [-0.05, 0) is 30.4 Å². The summed E-state index contributed by atoms with van der Waals surface area (Å²) >= 11 is 0. The Morgan fingerprint density at radius 3 is 2.74 bits per heavy atom. The third kappa shape index (κ3) is 2.02. The number of fused-ring (bicyclic) bond motifs is 1. The normalized spacial score (nSPS) is 16.1. The number of benzene rings is 1. The number of aromatic amines is 1. The number of allylic oxidation sites excluding steroid dienone is 1. The number of nitriles is 1. The van der Waals surface area contributed by atoms with Gasteiger partial charge in [0.25, 0.3) is 0 Å². The van der Waals surface area contributed by atoms with Crippen LogP contribution in [0.5, 0.6) is 5.88 Å². The monoisotopic (exact) mass is 250 g/mol. The molecule has 0 radical (unpaired) electrons. The molecular weight excluding hydrogens is 236 g/mol. The zero-order chi connectivity index (χ0) is 13.2. The lowest BCUT2D eigenvalue weighted by atomic mass is 9.89. The molecule has 1 aromatic heterocycles. The molecule has 2 aromatic rings. The van der Waals surface area contributed by atoms with Crippen LogP contribution in [0, 0.1) is 11.3 Å². The predicted octanol–water partition coefficient (Wildman–Crippen LogP) is 3.47. The van der Waals surface area contributed by atoms with Crippen LogP contribution in [0.1, 0.15) is 35.2 Å². The largest absolute Gasteiger partial charge is 0.494 e. The summed E-state index contributed by atoms with van der Waals surface area (Å²) in [6, 6.07) is 12.2. The van der Waals surface area contributed by atoms with Gasteiger partial charge in [0.2, 0.25) is 5.88 Å². The second-order valence-electron chi connectivity index (χ2n) is 4.75. The second-order valence-corrected chi connectivity index (χ2v) is 4.75. The van der Waals surface area contributed by atoms with Crippen LogP contribution in [0.15, 0.2) is 30.3 Å². The number of aromatic hydroxyl groups is 1. The molecule has 0 unspecified atom stereocenters. The molecule has 0 aliphatic heterocycles. The van der Waals surface area contributed by atoms with Crippen molar-refractivity contribution in [2.45, 2.75) is 19.3 Å². The lowest BCUT2D eigenvalue weighted by Crippen LogP contribution is -2.01. The molecule has 1 heterocycles. The third-order valence-electron chi connectivity index (χ3n) is 3.50. The van der Waals surface area contributed by atoms with Gasteiger partial charge >= 0.3 is 0 Å². The molecule has 1 aromatic carbocycles. The van der Waals surface area contributed by atoms with E-state index in [9.17, 15) is 10.4 Å². The molecule has 0 atom stereocenters. The number of aryl methyl sites for hydroxylation is 1. The maximum atomic E-state index is 9.78. The SMILES string of the molecule is N#Cc1c(O)[nH]c2c1/C(=C/c1ccccc1)CCC2. The molecule has 0 saturated heterocycles. The van der Waals surface area contributed by atoms with Crippen molar-refractivity contribution < 1.29 is 5.11 Å².